The topological polar surface area (TPSA) is 58.4 Å². The van der Waals surface area contributed by atoms with Crippen LogP contribution < -0.4 is 4.90 Å². The average Bonchev–Trinajstić information content (AvgIpc) is 3.32. The lowest BCUT2D eigenvalue weighted by molar-refractivity contribution is 0.0785. The largest absolute Gasteiger partial charge is 0.340 e. The number of anilines is 1. The van der Waals surface area contributed by atoms with Crippen LogP contribution in [0.25, 0.3) is 11.1 Å². The van der Waals surface area contributed by atoms with Crippen molar-refractivity contribution in [1.29, 1.82) is 0 Å². The molecular weight excluding hydrogens is 508 g/mol. The number of aryl methyl sites for hydroxylation is 1. The third-order valence-electron chi connectivity index (χ3n) is 7.83. The molecular formula is C35H32N4O2. The van der Waals surface area contributed by atoms with Crippen LogP contribution >= 0.6 is 0 Å². The van der Waals surface area contributed by atoms with Crippen LogP contribution in [0.4, 0.5) is 5.69 Å². The second-order valence-corrected chi connectivity index (χ2v) is 10.5. The van der Waals surface area contributed by atoms with Crippen molar-refractivity contribution in [3.05, 3.63) is 143 Å². The van der Waals surface area contributed by atoms with E-state index in [1.54, 1.807) is 11.1 Å². The number of carbonyl (C=O) groups excluding carboxylic acids is 2. The summed E-state index contributed by atoms with van der Waals surface area (Å²) in [5, 5.41) is 0. The molecule has 3 heterocycles. The van der Waals surface area contributed by atoms with Gasteiger partial charge in [-0.2, -0.15) is 0 Å². The Morgan fingerprint density at radius 3 is 2.37 bits per heavy atom. The third-order valence-corrected chi connectivity index (χ3v) is 7.83. The first-order valence-electron chi connectivity index (χ1n) is 13.9. The molecule has 2 aromatic heterocycles. The van der Waals surface area contributed by atoms with Crippen LogP contribution in [0.1, 0.15) is 43.4 Å². The molecule has 5 aromatic rings. The first-order valence-corrected chi connectivity index (χ1v) is 13.9. The van der Waals surface area contributed by atoms with Gasteiger partial charge in [-0.25, -0.2) is 0 Å². The monoisotopic (exact) mass is 540 g/mol. The Balaban J connectivity index is 1.26. The van der Waals surface area contributed by atoms with Gasteiger partial charge < -0.3 is 14.4 Å². The second-order valence-electron chi connectivity index (χ2n) is 10.5. The quantitative estimate of drug-likeness (QED) is 0.251. The van der Waals surface area contributed by atoms with Crippen LogP contribution in [0, 0.1) is 6.92 Å². The fourth-order valence-corrected chi connectivity index (χ4v) is 5.50. The van der Waals surface area contributed by atoms with E-state index >= 15 is 0 Å². The molecule has 1 aliphatic heterocycles. The predicted octanol–water partition coefficient (Wildman–Crippen LogP) is 6.38. The van der Waals surface area contributed by atoms with Crippen molar-refractivity contribution in [3.63, 3.8) is 0 Å². The number of pyridine rings is 1. The van der Waals surface area contributed by atoms with E-state index in [2.05, 4.69) is 24.0 Å². The van der Waals surface area contributed by atoms with Crippen molar-refractivity contribution in [3.8, 4) is 11.1 Å². The first-order chi connectivity index (χ1) is 20.0. The number of nitrogens with zero attached hydrogens (tertiary/aromatic N) is 4. The number of hydrogen-bond acceptors (Lipinski definition) is 3. The summed E-state index contributed by atoms with van der Waals surface area (Å²) in [6.45, 7) is 3.55. The lowest BCUT2D eigenvalue weighted by Crippen LogP contribution is -2.31. The SMILES string of the molecule is Cc1ccccc1-c1ccc(C(=O)N2Cc3ccc(C(=O)N(C)CCc4ccccn4)n3Cc3ccccc32)cc1. The second kappa shape index (κ2) is 11.3. The maximum atomic E-state index is 13.9. The average molecular weight is 541 g/mol. The minimum absolute atomic E-state index is 0.0452. The molecule has 0 spiro atoms. The van der Waals surface area contributed by atoms with Crippen LogP contribution in [-0.2, 0) is 19.5 Å². The van der Waals surface area contributed by atoms with E-state index in [9.17, 15) is 9.59 Å². The zero-order chi connectivity index (χ0) is 28.3. The first kappa shape index (κ1) is 26.3. The standard InChI is InChI=1S/C35H32N4O2/c1-25-9-3-5-12-31(25)26-14-16-27(17-15-26)34(40)39-24-30-18-19-33(38(30)23-28-10-4-6-13-32(28)39)35(41)37(2)22-20-29-11-7-8-21-36-29/h3-19,21H,20,22-24H2,1-2H3. The predicted molar refractivity (Wildman–Crippen MR) is 162 cm³/mol. The molecule has 0 atom stereocenters. The van der Waals surface area contributed by atoms with E-state index in [4.69, 9.17) is 0 Å². The normalized spacial score (nSPS) is 12.3. The Kier molecular flexibility index (Phi) is 7.21. The summed E-state index contributed by atoms with van der Waals surface area (Å²) in [6.07, 6.45) is 2.46. The van der Waals surface area contributed by atoms with Gasteiger partial charge in [0.2, 0.25) is 0 Å². The third kappa shape index (κ3) is 5.29. The fourth-order valence-electron chi connectivity index (χ4n) is 5.50. The smallest absolute Gasteiger partial charge is 0.270 e. The van der Waals surface area contributed by atoms with E-state index in [0.717, 1.165) is 33.8 Å². The zero-order valence-corrected chi connectivity index (χ0v) is 23.3. The lowest BCUT2D eigenvalue weighted by Gasteiger charge is -2.23. The number of para-hydroxylation sites is 1. The van der Waals surface area contributed by atoms with Crippen molar-refractivity contribution >= 4 is 17.5 Å². The Morgan fingerprint density at radius 2 is 1.59 bits per heavy atom. The van der Waals surface area contributed by atoms with Crippen molar-refractivity contribution in [2.75, 3.05) is 18.5 Å². The Labute approximate surface area is 240 Å². The van der Waals surface area contributed by atoms with Gasteiger partial charge >= 0.3 is 0 Å². The van der Waals surface area contributed by atoms with Gasteiger partial charge in [0.25, 0.3) is 11.8 Å². The summed E-state index contributed by atoms with van der Waals surface area (Å²) in [6, 6.07) is 33.7. The number of benzene rings is 3. The molecule has 0 fully saturated rings. The van der Waals surface area contributed by atoms with Gasteiger partial charge in [-0.15, -0.1) is 0 Å². The van der Waals surface area contributed by atoms with E-state index < -0.39 is 0 Å². The minimum atomic E-state index is -0.0659. The van der Waals surface area contributed by atoms with Crippen molar-refractivity contribution in [1.82, 2.24) is 14.5 Å². The minimum Gasteiger partial charge on any atom is -0.340 e. The number of hydrogen-bond donors (Lipinski definition) is 0. The summed E-state index contributed by atoms with van der Waals surface area (Å²) in [4.78, 5) is 35.4. The van der Waals surface area contributed by atoms with Crippen molar-refractivity contribution < 1.29 is 9.59 Å². The molecule has 0 N–H and O–H groups in total. The van der Waals surface area contributed by atoms with E-state index in [1.807, 2.05) is 108 Å². The Hall–Kier alpha value is -4.97. The van der Waals surface area contributed by atoms with Gasteiger partial charge in [0.1, 0.15) is 5.69 Å². The molecule has 6 heteroatoms. The van der Waals surface area contributed by atoms with E-state index in [0.29, 0.717) is 37.3 Å². The Bertz CT molecular complexity index is 1710. The van der Waals surface area contributed by atoms with E-state index in [1.165, 1.54) is 5.56 Å². The van der Waals surface area contributed by atoms with Crippen molar-refractivity contribution in [2.24, 2.45) is 0 Å². The van der Waals surface area contributed by atoms with Crippen LogP contribution in [-0.4, -0.2) is 39.9 Å². The highest BCUT2D eigenvalue weighted by atomic mass is 16.2. The lowest BCUT2D eigenvalue weighted by atomic mass is 9.99. The molecule has 2 amide bonds. The molecule has 41 heavy (non-hydrogen) atoms. The number of likely N-dealkylation sites (N-methyl/N-ethyl adjacent to an activating group) is 1. The molecule has 6 rings (SSSR count). The molecule has 0 bridgehead atoms. The highest BCUT2D eigenvalue weighted by Crippen LogP contribution is 2.31. The maximum Gasteiger partial charge on any atom is 0.270 e. The molecule has 0 radical (unpaired) electrons. The maximum absolute atomic E-state index is 13.9. The highest BCUT2D eigenvalue weighted by Gasteiger charge is 2.28. The molecule has 3 aromatic carbocycles. The summed E-state index contributed by atoms with van der Waals surface area (Å²) >= 11 is 0. The molecule has 0 unspecified atom stereocenters. The molecule has 1 aliphatic rings. The molecule has 0 saturated carbocycles. The van der Waals surface area contributed by atoms with Gasteiger partial charge in [0.05, 0.1) is 13.1 Å². The summed E-state index contributed by atoms with van der Waals surface area (Å²) in [5.74, 6) is -0.111. The molecule has 204 valence electrons. The summed E-state index contributed by atoms with van der Waals surface area (Å²) < 4.78 is 2.05. The van der Waals surface area contributed by atoms with Crippen LogP contribution in [0.2, 0.25) is 0 Å². The molecule has 0 saturated heterocycles. The summed E-state index contributed by atoms with van der Waals surface area (Å²) in [5.41, 5.74) is 8.43. The van der Waals surface area contributed by atoms with E-state index in [-0.39, 0.29) is 11.8 Å². The van der Waals surface area contributed by atoms with Gasteiger partial charge in [-0.3, -0.25) is 14.6 Å². The van der Waals surface area contributed by atoms with Gasteiger partial charge in [0.15, 0.2) is 0 Å². The summed E-state index contributed by atoms with van der Waals surface area (Å²) in [7, 11) is 1.83. The zero-order valence-electron chi connectivity index (χ0n) is 23.3. The fraction of sp³-hybridized carbons (Fsp3) is 0.171. The molecule has 0 aliphatic carbocycles. The number of amides is 2. The highest BCUT2D eigenvalue weighted by molar-refractivity contribution is 6.07. The number of fused-ring (bicyclic) bond motifs is 2. The van der Waals surface area contributed by atoms with Crippen LogP contribution in [0.15, 0.2) is 109 Å². The molecule has 6 nitrogen and oxygen atoms in total. The van der Waals surface area contributed by atoms with Crippen LogP contribution in [0.3, 0.4) is 0 Å². The number of rotatable bonds is 6. The van der Waals surface area contributed by atoms with Crippen molar-refractivity contribution in [2.45, 2.75) is 26.4 Å². The number of carbonyl (C=O) groups is 2. The van der Waals surface area contributed by atoms with Crippen LogP contribution in [0.5, 0.6) is 0 Å². The number of aromatic nitrogens is 2. The van der Waals surface area contributed by atoms with Gasteiger partial charge in [-0.05, 0) is 71.6 Å². The van der Waals surface area contributed by atoms with Gasteiger partial charge in [-0.1, -0.05) is 60.7 Å². The van der Waals surface area contributed by atoms with Gasteiger partial charge in [0, 0.05) is 48.8 Å². The Morgan fingerprint density at radius 1 is 0.829 bits per heavy atom.